The molecule has 2 rings (SSSR count). The third kappa shape index (κ3) is 3.65. The minimum absolute atomic E-state index is 0.199. The van der Waals surface area contributed by atoms with Crippen molar-refractivity contribution in [1.82, 2.24) is 0 Å². The van der Waals surface area contributed by atoms with Gasteiger partial charge in [0.2, 0.25) is 0 Å². The van der Waals surface area contributed by atoms with Crippen molar-refractivity contribution in [3.63, 3.8) is 0 Å². The van der Waals surface area contributed by atoms with E-state index in [1.165, 1.54) is 0 Å². The molecule has 0 aromatic heterocycles. The predicted octanol–water partition coefficient (Wildman–Crippen LogP) is 2.96. The molecule has 0 aliphatic heterocycles. The third-order valence-corrected chi connectivity index (χ3v) is 5.83. The van der Waals surface area contributed by atoms with Crippen LogP contribution in [0.3, 0.4) is 0 Å². The highest BCUT2D eigenvalue weighted by atomic mass is 35.5. The van der Waals surface area contributed by atoms with Crippen molar-refractivity contribution in [3.8, 4) is 0 Å². The molecule has 0 unspecified atom stereocenters. The maximum Gasteiger partial charge on any atom is 0.262 e. The molecule has 0 atom stereocenters. The first kappa shape index (κ1) is 18.6. The molecule has 0 radical (unpaired) electrons. The lowest BCUT2D eigenvalue weighted by atomic mass is 10.3. The highest BCUT2D eigenvalue weighted by molar-refractivity contribution is 7.93. The summed E-state index contributed by atoms with van der Waals surface area (Å²) >= 11 is 5.71. The van der Waals surface area contributed by atoms with Crippen LogP contribution in [0.1, 0.15) is 0 Å². The van der Waals surface area contributed by atoms with E-state index in [1.807, 2.05) is 0 Å². The van der Waals surface area contributed by atoms with Crippen LogP contribution < -0.4 is 4.72 Å². The molecule has 5 nitrogen and oxygen atoms in total. The van der Waals surface area contributed by atoms with Crippen molar-refractivity contribution in [3.05, 3.63) is 52.8 Å². The van der Waals surface area contributed by atoms with Gasteiger partial charge < -0.3 is 0 Å². The van der Waals surface area contributed by atoms with Crippen LogP contribution in [0.2, 0.25) is 5.02 Å². The van der Waals surface area contributed by atoms with Gasteiger partial charge in [0.05, 0.1) is 20.5 Å². The molecule has 0 fully saturated rings. The van der Waals surface area contributed by atoms with Gasteiger partial charge in [-0.15, -0.1) is 0 Å². The van der Waals surface area contributed by atoms with E-state index in [0.29, 0.717) is 12.1 Å². The van der Waals surface area contributed by atoms with E-state index in [-0.39, 0.29) is 5.02 Å². The molecule has 2 aromatic rings. The van der Waals surface area contributed by atoms with Crippen molar-refractivity contribution in [1.29, 1.82) is 0 Å². The maximum atomic E-state index is 13.6. The minimum Gasteiger partial charge on any atom is -0.277 e. The molecule has 24 heavy (non-hydrogen) atoms. The molecular formula is C13H9ClF3NO4S2. The Morgan fingerprint density at radius 2 is 1.58 bits per heavy atom. The summed E-state index contributed by atoms with van der Waals surface area (Å²) in [7, 11) is -8.28. The molecule has 0 spiro atoms. The van der Waals surface area contributed by atoms with Gasteiger partial charge in [-0.2, -0.15) is 0 Å². The molecule has 130 valence electrons. The Morgan fingerprint density at radius 1 is 0.958 bits per heavy atom. The summed E-state index contributed by atoms with van der Waals surface area (Å²) in [4.78, 5) is -0.991. The molecule has 1 N–H and O–H groups in total. The Bertz CT molecular complexity index is 1020. The molecule has 11 heteroatoms. The van der Waals surface area contributed by atoms with Crippen molar-refractivity contribution in [2.45, 2.75) is 9.79 Å². The smallest absolute Gasteiger partial charge is 0.262 e. The van der Waals surface area contributed by atoms with E-state index >= 15 is 0 Å². The Labute approximate surface area is 141 Å². The van der Waals surface area contributed by atoms with Gasteiger partial charge in [0, 0.05) is 6.26 Å². The van der Waals surface area contributed by atoms with Crippen LogP contribution in [-0.2, 0) is 19.9 Å². The zero-order valence-corrected chi connectivity index (χ0v) is 14.2. The number of halogens is 4. The SMILES string of the molecule is CS(=O)(=O)c1cc(S(=O)(=O)Nc2ccc(F)c(F)c2F)ccc1Cl. The number of nitrogens with one attached hydrogen (secondary N) is 1. The first-order valence-corrected chi connectivity index (χ1v) is 9.84. The molecular weight excluding hydrogens is 391 g/mol. The van der Waals surface area contributed by atoms with Gasteiger partial charge in [-0.1, -0.05) is 11.6 Å². The number of hydrogen-bond donors (Lipinski definition) is 1. The van der Waals surface area contributed by atoms with E-state index in [2.05, 4.69) is 0 Å². The summed E-state index contributed by atoms with van der Waals surface area (Å²) < 4.78 is 88.9. The highest BCUT2D eigenvalue weighted by Gasteiger charge is 2.22. The topological polar surface area (TPSA) is 80.3 Å². The van der Waals surface area contributed by atoms with Crippen molar-refractivity contribution >= 4 is 37.1 Å². The second kappa shape index (κ2) is 6.26. The third-order valence-electron chi connectivity index (χ3n) is 2.89. The molecule has 0 amide bonds. The quantitative estimate of drug-likeness (QED) is 0.801. The van der Waals surface area contributed by atoms with Crippen LogP contribution in [0.15, 0.2) is 40.1 Å². The second-order valence-corrected chi connectivity index (χ2v) is 8.77. The minimum atomic E-state index is -4.47. The summed E-state index contributed by atoms with van der Waals surface area (Å²) in [5, 5.41) is -0.199. The molecule has 0 heterocycles. The fourth-order valence-electron chi connectivity index (χ4n) is 1.74. The van der Waals surface area contributed by atoms with E-state index in [0.717, 1.165) is 24.5 Å². The molecule has 0 saturated heterocycles. The van der Waals surface area contributed by atoms with Gasteiger partial charge in [-0.3, -0.25) is 4.72 Å². The van der Waals surface area contributed by atoms with Crippen molar-refractivity contribution in [2.75, 3.05) is 11.0 Å². The summed E-state index contributed by atoms with van der Waals surface area (Å²) in [6.07, 6.45) is 0.826. The number of sulfonamides is 1. The first-order chi connectivity index (χ1) is 10.9. The average molecular weight is 400 g/mol. The Kier molecular flexibility index (Phi) is 4.84. The fraction of sp³-hybridized carbons (Fsp3) is 0.0769. The monoisotopic (exact) mass is 399 g/mol. The van der Waals surface area contributed by atoms with Gasteiger partial charge in [-0.05, 0) is 30.3 Å². The Hall–Kier alpha value is -1.78. The Balaban J connectivity index is 2.51. The van der Waals surface area contributed by atoms with Crippen LogP contribution >= 0.6 is 11.6 Å². The van der Waals surface area contributed by atoms with E-state index in [4.69, 9.17) is 11.6 Å². The fourth-order valence-corrected chi connectivity index (χ4v) is 4.20. The molecule has 0 bridgehead atoms. The van der Waals surface area contributed by atoms with E-state index in [9.17, 15) is 30.0 Å². The lowest BCUT2D eigenvalue weighted by molar-refractivity contribution is 0.449. The molecule has 2 aromatic carbocycles. The number of benzene rings is 2. The molecule has 0 aliphatic carbocycles. The standard InChI is InChI=1S/C13H9ClF3NO4S2/c1-23(19,20)11-6-7(2-3-8(11)14)24(21,22)18-10-5-4-9(15)12(16)13(10)17/h2-6,18H,1H3. The van der Waals surface area contributed by atoms with Gasteiger partial charge in [0.15, 0.2) is 27.3 Å². The van der Waals surface area contributed by atoms with Gasteiger partial charge in [0.25, 0.3) is 10.0 Å². The number of anilines is 1. The average Bonchev–Trinajstić information content (AvgIpc) is 2.47. The zero-order chi connectivity index (χ0) is 18.3. The largest absolute Gasteiger partial charge is 0.277 e. The lowest BCUT2D eigenvalue weighted by Crippen LogP contribution is -2.15. The normalized spacial score (nSPS) is 12.2. The van der Waals surface area contributed by atoms with Crippen molar-refractivity contribution in [2.24, 2.45) is 0 Å². The van der Waals surface area contributed by atoms with Crippen LogP contribution in [-0.4, -0.2) is 23.1 Å². The summed E-state index contributed by atoms with van der Waals surface area (Å²) in [5.41, 5.74) is -0.829. The van der Waals surface area contributed by atoms with Crippen molar-refractivity contribution < 1.29 is 30.0 Å². The van der Waals surface area contributed by atoms with Gasteiger partial charge >= 0.3 is 0 Å². The summed E-state index contributed by atoms with van der Waals surface area (Å²) in [5.74, 6) is -5.06. The lowest BCUT2D eigenvalue weighted by Gasteiger charge is -2.11. The van der Waals surface area contributed by atoms with Crippen LogP contribution in [0.5, 0.6) is 0 Å². The number of rotatable bonds is 4. The van der Waals surface area contributed by atoms with Crippen LogP contribution in [0, 0.1) is 17.5 Å². The van der Waals surface area contributed by atoms with E-state index in [1.54, 1.807) is 4.72 Å². The van der Waals surface area contributed by atoms with E-state index < -0.39 is 52.8 Å². The maximum absolute atomic E-state index is 13.6. The van der Waals surface area contributed by atoms with Gasteiger partial charge in [0.1, 0.15) is 0 Å². The Morgan fingerprint density at radius 3 is 2.17 bits per heavy atom. The zero-order valence-electron chi connectivity index (χ0n) is 11.8. The second-order valence-electron chi connectivity index (χ2n) is 4.69. The predicted molar refractivity (Wildman–Crippen MR) is 81.7 cm³/mol. The number of sulfone groups is 1. The van der Waals surface area contributed by atoms with Gasteiger partial charge in [-0.25, -0.2) is 30.0 Å². The highest BCUT2D eigenvalue weighted by Crippen LogP contribution is 2.27. The number of hydrogen-bond acceptors (Lipinski definition) is 4. The van der Waals surface area contributed by atoms with Crippen LogP contribution in [0.25, 0.3) is 0 Å². The molecule has 0 saturated carbocycles. The summed E-state index contributed by atoms with van der Waals surface area (Å²) in [6.45, 7) is 0. The summed E-state index contributed by atoms with van der Waals surface area (Å²) in [6, 6.07) is 4.03. The first-order valence-electron chi connectivity index (χ1n) is 6.09. The molecule has 0 aliphatic rings. The van der Waals surface area contributed by atoms with Crippen LogP contribution in [0.4, 0.5) is 18.9 Å².